The largest absolute Gasteiger partial charge is 0.298 e. The lowest BCUT2D eigenvalue weighted by Crippen LogP contribution is -1.75. The van der Waals surface area contributed by atoms with Gasteiger partial charge in [-0.2, -0.15) is 10.5 Å². The molecule has 0 aliphatic carbocycles. The molecule has 3 nitrogen and oxygen atoms in total. The van der Waals surface area contributed by atoms with Gasteiger partial charge >= 0.3 is 0 Å². The van der Waals surface area contributed by atoms with Crippen LogP contribution < -0.4 is 0 Å². The number of carbonyl (C=O) groups is 1. The molecular weight excluding hydrogens is 140 g/mol. The lowest BCUT2D eigenvalue weighted by Gasteiger charge is -1.80. The predicted molar refractivity (Wildman–Crippen MR) is 39.1 cm³/mol. The van der Waals surface area contributed by atoms with Gasteiger partial charge in [0.05, 0.1) is 0 Å². The first kappa shape index (κ1) is 9.13. The van der Waals surface area contributed by atoms with Gasteiger partial charge in [0.25, 0.3) is 0 Å². The fourth-order valence-electron chi connectivity index (χ4n) is 0.354. The Kier molecular flexibility index (Phi) is 4.12. The van der Waals surface area contributed by atoms with Crippen molar-refractivity contribution in [2.45, 2.75) is 6.92 Å². The van der Waals surface area contributed by atoms with Crippen molar-refractivity contribution in [3.63, 3.8) is 0 Å². The zero-order chi connectivity index (χ0) is 8.69. The molecule has 0 saturated carbocycles. The highest BCUT2D eigenvalue weighted by Crippen LogP contribution is 1.93. The monoisotopic (exact) mass is 146 g/mol. The molecular formula is C8H6N2O. The van der Waals surface area contributed by atoms with Gasteiger partial charge in [0.15, 0.2) is 0 Å². The summed E-state index contributed by atoms with van der Waals surface area (Å²) in [6, 6.07) is 3.34. The van der Waals surface area contributed by atoms with Crippen LogP contribution >= 0.6 is 0 Å². The van der Waals surface area contributed by atoms with Crippen LogP contribution in [-0.2, 0) is 4.79 Å². The highest BCUT2D eigenvalue weighted by atomic mass is 16.1. The molecule has 0 aliphatic rings. The standard InChI is InChI=1S/C8H6N2O/c1-7(6-11)2-3-8(4-9)5-10/h2-3,6H,1H3/b7-2+. The molecule has 11 heavy (non-hydrogen) atoms. The van der Waals surface area contributed by atoms with E-state index in [9.17, 15) is 4.79 Å². The van der Waals surface area contributed by atoms with Crippen molar-refractivity contribution in [1.29, 1.82) is 10.5 Å². The van der Waals surface area contributed by atoms with E-state index in [0.717, 1.165) is 0 Å². The molecule has 0 spiro atoms. The lowest BCUT2D eigenvalue weighted by molar-refractivity contribution is -0.104. The third kappa shape index (κ3) is 3.66. The summed E-state index contributed by atoms with van der Waals surface area (Å²) < 4.78 is 0. The summed E-state index contributed by atoms with van der Waals surface area (Å²) in [4.78, 5) is 10.0. The Balaban J connectivity index is 4.49. The van der Waals surface area contributed by atoms with Gasteiger partial charge < -0.3 is 0 Å². The second-order valence-electron chi connectivity index (χ2n) is 1.83. The number of carbonyl (C=O) groups excluding carboxylic acids is 1. The summed E-state index contributed by atoms with van der Waals surface area (Å²) in [6.45, 7) is 1.59. The van der Waals surface area contributed by atoms with E-state index < -0.39 is 0 Å². The van der Waals surface area contributed by atoms with Gasteiger partial charge in [0, 0.05) is 0 Å². The predicted octanol–water partition coefficient (Wildman–Crippen LogP) is 1.11. The topological polar surface area (TPSA) is 64.7 Å². The molecule has 0 aromatic rings. The van der Waals surface area contributed by atoms with E-state index in [1.54, 1.807) is 19.1 Å². The molecule has 0 unspecified atom stereocenters. The van der Waals surface area contributed by atoms with E-state index in [4.69, 9.17) is 10.5 Å². The van der Waals surface area contributed by atoms with E-state index in [0.29, 0.717) is 11.9 Å². The summed E-state index contributed by atoms with van der Waals surface area (Å²) in [5.41, 5.74) is 0.471. The van der Waals surface area contributed by atoms with Crippen LogP contribution in [0, 0.1) is 22.7 Å². The molecule has 0 aromatic heterocycles. The minimum absolute atomic E-state index is 0.00815. The van der Waals surface area contributed by atoms with Gasteiger partial charge in [-0.15, -0.1) is 0 Å². The van der Waals surface area contributed by atoms with Gasteiger partial charge in [0.2, 0.25) is 0 Å². The first-order chi connectivity index (χ1) is 5.24. The van der Waals surface area contributed by atoms with Gasteiger partial charge in [0.1, 0.15) is 24.0 Å². The number of rotatable bonds is 2. The molecule has 0 aromatic carbocycles. The van der Waals surface area contributed by atoms with Crippen LogP contribution in [0.3, 0.4) is 0 Å². The van der Waals surface area contributed by atoms with Gasteiger partial charge in [-0.25, -0.2) is 0 Å². The SMILES string of the molecule is C/C(C=O)=C\C=C(C#N)C#N. The summed E-state index contributed by atoms with van der Waals surface area (Å²) in [5, 5.41) is 16.5. The number of allylic oxidation sites excluding steroid dienone is 4. The molecule has 0 bridgehead atoms. The van der Waals surface area contributed by atoms with Crippen LogP contribution in [-0.4, -0.2) is 6.29 Å². The van der Waals surface area contributed by atoms with Crippen LogP contribution in [0.1, 0.15) is 6.92 Å². The second-order valence-corrected chi connectivity index (χ2v) is 1.83. The summed E-state index contributed by atoms with van der Waals surface area (Å²) >= 11 is 0. The molecule has 0 heterocycles. The van der Waals surface area contributed by atoms with Crippen molar-refractivity contribution in [3.8, 4) is 12.1 Å². The van der Waals surface area contributed by atoms with Crippen LogP contribution in [0.2, 0.25) is 0 Å². The maximum atomic E-state index is 10.0. The second kappa shape index (κ2) is 4.96. The molecule has 0 atom stereocenters. The van der Waals surface area contributed by atoms with Gasteiger partial charge in [-0.05, 0) is 18.6 Å². The number of aldehydes is 1. The summed E-state index contributed by atoms with van der Waals surface area (Å²) in [6.07, 6.45) is 3.39. The van der Waals surface area contributed by atoms with E-state index >= 15 is 0 Å². The molecule has 0 aliphatic heterocycles. The zero-order valence-corrected chi connectivity index (χ0v) is 6.03. The molecule has 0 saturated heterocycles. The number of nitrogens with zero attached hydrogens (tertiary/aromatic N) is 2. The highest BCUT2D eigenvalue weighted by molar-refractivity contribution is 5.72. The molecule has 54 valence electrons. The Labute approximate surface area is 64.9 Å². The van der Waals surface area contributed by atoms with Crippen LogP contribution in [0.4, 0.5) is 0 Å². The first-order valence-electron chi connectivity index (χ1n) is 2.88. The Hall–Kier alpha value is -1.87. The zero-order valence-electron chi connectivity index (χ0n) is 6.03. The van der Waals surface area contributed by atoms with Gasteiger partial charge in [-0.1, -0.05) is 6.08 Å². The fourth-order valence-corrected chi connectivity index (χ4v) is 0.354. The average Bonchev–Trinajstić information content (AvgIpc) is 2.06. The number of hydrogen-bond acceptors (Lipinski definition) is 3. The molecule has 0 rings (SSSR count). The Bertz CT molecular complexity index is 270. The quantitative estimate of drug-likeness (QED) is 0.253. The first-order valence-corrected chi connectivity index (χ1v) is 2.88. The van der Waals surface area contributed by atoms with Crippen LogP contribution in [0.5, 0.6) is 0 Å². The minimum Gasteiger partial charge on any atom is -0.298 e. The fraction of sp³-hybridized carbons (Fsp3) is 0.125. The number of nitriles is 2. The highest BCUT2D eigenvalue weighted by Gasteiger charge is 1.87. The van der Waals surface area contributed by atoms with Crippen molar-refractivity contribution in [1.82, 2.24) is 0 Å². The average molecular weight is 146 g/mol. The van der Waals surface area contributed by atoms with E-state index in [1.165, 1.54) is 12.2 Å². The molecule has 0 amide bonds. The van der Waals surface area contributed by atoms with Crippen molar-refractivity contribution in [2.75, 3.05) is 0 Å². The molecule has 0 N–H and O–H groups in total. The van der Waals surface area contributed by atoms with E-state index in [2.05, 4.69) is 0 Å². The third-order valence-corrected chi connectivity index (χ3v) is 0.940. The Morgan fingerprint density at radius 1 is 1.27 bits per heavy atom. The molecule has 0 radical (unpaired) electrons. The minimum atomic E-state index is -0.00815. The number of hydrogen-bond donors (Lipinski definition) is 0. The maximum Gasteiger partial charge on any atom is 0.145 e. The van der Waals surface area contributed by atoms with Gasteiger partial charge in [-0.3, -0.25) is 4.79 Å². The molecule has 3 heteroatoms. The smallest absolute Gasteiger partial charge is 0.145 e. The van der Waals surface area contributed by atoms with Crippen molar-refractivity contribution in [2.24, 2.45) is 0 Å². The Morgan fingerprint density at radius 2 is 1.82 bits per heavy atom. The summed E-state index contributed by atoms with van der Waals surface area (Å²) in [7, 11) is 0. The van der Waals surface area contributed by atoms with E-state index in [1.807, 2.05) is 0 Å². The normalized spacial score (nSPS) is 9.18. The lowest BCUT2D eigenvalue weighted by atomic mass is 10.2. The summed E-state index contributed by atoms with van der Waals surface area (Å²) in [5.74, 6) is 0. The van der Waals surface area contributed by atoms with Crippen LogP contribution in [0.15, 0.2) is 23.3 Å². The maximum absolute atomic E-state index is 10.0. The molecule has 0 fully saturated rings. The Morgan fingerprint density at radius 3 is 2.18 bits per heavy atom. The third-order valence-electron chi connectivity index (χ3n) is 0.940. The van der Waals surface area contributed by atoms with Crippen molar-refractivity contribution >= 4 is 6.29 Å². The van der Waals surface area contributed by atoms with E-state index in [-0.39, 0.29) is 5.57 Å². The van der Waals surface area contributed by atoms with Crippen LogP contribution in [0.25, 0.3) is 0 Å². The van der Waals surface area contributed by atoms with Crippen molar-refractivity contribution in [3.05, 3.63) is 23.3 Å². The van der Waals surface area contributed by atoms with Crippen molar-refractivity contribution < 1.29 is 4.79 Å².